The molecule has 5 rings (SSSR count). The van der Waals surface area contributed by atoms with Crippen molar-refractivity contribution in [2.75, 3.05) is 11.4 Å². The standard InChI is InChI=1S/C20H17F2N3O2S/c21-14-6-5-13(9-15(14)22)25-10-12(8-18(25)26)19-23-20(27-24-19)17-7-11-3-1-2-4-16(11)28-17/h5-7,9,12H,1-4,8,10H2. The molecule has 1 aliphatic carbocycles. The number of amides is 1. The molecule has 2 aromatic heterocycles. The maximum Gasteiger partial charge on any atom is 0.268 e. The fourth-order valence-corrected chi connectivity index (χ4v) is 5.06. The molecular weight excluding hydrogens is 384 g/mol. The summed E-state index contributed by atoms with van der Waals surface area (Å²) in [7, 11) is 0. The molecule has 3 aromatic rings. The molecule has 1 unspecified atom stereocenters. The molecule has 0 radical (unpaired) electrons. The van der Waals surface area contributed by atoms with Gasteiger partial charge in [-0.1, -0.05) is 5.16 Å². The quantitative estimate of drug-likeness (QED) is 0.650. The molecular formula is C20H17F2N3O2S. The number of nitrogens with zero attached hydrogens (tertiary/aromatic N) is 3. The molecule has 8 heteroatoms. The van der Waals surface area contributed by atoms with Gasteiger partial charge in [0.1, 0.15) is 0 Å². The highest BCUT2D eigenvalue weighted by Gasteiger charge is 2.35. The van der Waals surface area contributed by atoms with Crippen molar-refractivity contribution in [2.24, 2.45) is 0 Å². The van der Waals surface area contributed by atoms with Gasteiger partial charge in [-0.2, -0.15) is 4.98 Å². The summed E-state index contributed by atoms with van der Waals surface area (Å²) >= 11 is 1.69. The van der Waals surface area contributed by atoms with E-state index in [4.69, 9.17) is 4.52 Å². The van der Waals surface area contributed by atoms with Crippen LogP contribution in [0.15, 0.2) is 28.8 Å². The number of benzene rings is 1. The number of rotatable bonds is 3. The van der Waals surface area contributed by atoms with Crippen molar-refractivity contribution in [1.29, 1.82) is 0 Å². The molecule has 28 heavy (non-hydrogen) atoms. The molecule has 0 bridgehead atoms. The van der Waals surface area contributed by atoms with Gasteiger partial charge in [-0.15, -0.1) is 11.3 Å². The van der Waals surface area contributed by atoms with E-state index in [2.05, 4.69) is 16.2 Å². The van der Waals surface area contributed by atoms with Gasteiger partial charge in [0.05, 0.1) is 4.88 Å². The molecule has 1 aromatic carbocycles. The van der Waals surface area contributed by atoms with Gasteiger partial charge in [0.15, 0.2) is 17.5 Å². The van der Waals surface area contributed by atoms with Gasteiger partial charge in [-0.3, -0.25) is 4.79 Å². The van der Waals surface area contributed by atoms with Crippen LogP contribution in [0.3, 0.4) is 0 Å². The first-order valence-electron chi connectivity index (χ1n) is 9.29. The van der Waals surface area contributed by atoms with Crippen molar-refractivity contribution in [1.82, 2.24) is 10.1 Å². The van der Waals surface area contributed by atoms with Crippen LogP contribution >= 0.6 is 11.3 Å². The summed E-state index contributed by atoms with van der Waals surface area (Å²) in [6, 6.07) is 5.59. The van der Waals surface area contributed by atoms with Gasteiger partial charge >= 0.3 is 0 Å². The van der Waals surface area contributed by atoms with E-state index < -0.39 is 11.6 Å². The Hall–Kier alpha value is -2.61. The molecule has 2 aliphatic rings. The summed E-state index contributed by atoms with van der Waals surface area (Å²) in [6.45, 7) is 0.309. The fourth-order valence-electron chi connectivity index (χ4n) is 3.88. The van der Waals surface area contributed by atoms with E-state index in [0.717, 1.165) is 29.9 Å². The first-order valence-corrected chi connectivity index (χ1v) is 10.1. The SMILES string of the molecule is O=C1CC(c2noc(-c3cc4c(s3)CCCC4)n2)CN1c1ccc(F)c(F)c1. The highest BCUT2D eigenvalue weighted by atomic mass is 32.1. The highest BCUT2D eigenvalue weighted by molar-refractivity contribution is 7.15. The van der Waals surface area contributed by atoms with Gasteiger partial charge < -0.3 is 9.42 Å². The largest absolute Gasteiger partial charge is 0.333 e. The Morgan fingerprint density at radius 1 is 1.14 bits per heavy atom. The van der Waals surface area contributed by atoms with E-state index in [1.54, 1.807) is 11.3 Å². The van der Waals surface area contributed by atoms with Crippen molar-refractivity contribution in [3.05, 3.63) is 52.2 Å². The Morgan fingerprint density at radius 3 is 2.82 bits per heavy atom. The minimum absolute atomic E-state index is 0.172. The van der Waals surface area contributed by atoms with Gasteiger partial charge in [-0.25, -0.2) is 8.78 Å². The monoisotopic (exact) mass is 401 g/mol. The lowest BCUT2D eigenvalue weighted by Gasteiger charge is -2.16. The number of aromatic nitrogens is 2. The van der Waals surface area contributed by atoms with Gasteiger partial charge in [0.25, 0.3) is 5.89 Å². The Balaban J connectivity index is 1.37. The lowest BCUT2D eigenvalue weighted by Crippen LogP contribution is -2.24. The number of halogens is 2. The molecule has 5 nitrogen and oxygen atoms in total. The molecule has 1 aliphatic heterocycles. The maximum atomic E-state index is 13.5. The Kier molecular flexibility index (Phi) is 4.23. The molecule has 1 atom stereocenters. The van der Waals surface area contributed by atoms with Crippen molar-refractivity contribution >= 4 is 22.9 Å². The topological polar surface area (TPSA) is 59.2 Å². The number of thiophene rings is 1. The summed E-state index contributed by atoms with van der Waals surface area (Å²) in [5.74, 6) is -1.37. The molecule has 0 N–H and O–H groups in total. The van der Waals surface area contributed by atoms with E-state index in [1.165, 1.54) is 34.2 Å². The Labute approximate surface area is 164 Å². The molecule has 0 spiro atoms. The van der Waals surface area contributed by atoms with E-state index >= 15 is 0 Å². The van der Waals surface area contributed by atoms with Crippen LogP contribution in [0.5, 0.6) is 0 Å². The first kappa shape index (κ1) is 17.5. The lowest BCUT2D eigenvalue weighted by molar-refractivity contribution is -0.117. The number of hydrogen-bond donors (Lipinski definition) is 0. The summed E-state index contributed by atoms with van der Waals surface area (Å²) in [5.41, 5.74) is 1.70. The third-order valence-electron chi connectivity index (χ3n) is 5.35. The van der Waals surface area contributed by atoms with Crippen LogP contribution in [-0.4, -0.2) is 22.6 Å². The van der Waals surface area contributed by atoms with E-state index in [1.807, 2.05) is 0 Å². The molecule has 144 valence electrons. The summed E-state index contributed by atoms with van der Waals surface area (Å²) in [6.07, 6.45) is 4.82. The highest BCUT2D eigenvalue weighted by Crippen LogP contribution is 2.36. The number of hydrogen-bond acceptors (Lipinski definition) is 5. The fraction of sp³-hybridized carbons (Fsp3) is 0.350. The minimum Gasteiger partial charge on any atom is -0.333 e. The van der Waals surface area contributed by atoms with E-state index in [9.17, 15) is 13.6 Å². The Bertz CT molecular complexity index is 1040. The normalized spacial score (nSPS) is 19.3. The van der Waals surface area contributed by atoms with Crippen LogP contribution < -0.4 is 4.90 Å². The van der Waals surface area contributed by atoms with Gasteiger partial charge in [-0.05, 0) is 49.4 Å². The van der Waals surface area contributed by atoms with Crippen LogP contribution in [0.25, 0.3) is 10.8 Å². The van der Waals surface area contributed by atoms with Gasteiger partial charge in [0.2, 0.25) is 5.91 Å². The van der Waals surface area contributed by atoms with Crippen LogP contribution in [0.4, 0.5) is 14.5 Å². The molecule has 1 amide bonds. The number of carbonyl (C=O) groups excluding carboxylic acids is 1. The molecule has 1 saturated heterocycles. The predicted molar refractivity (Wildman–Crippen MR) is 100 cm³/mol. The maximum absolute atomic E-state index is 13.5. The summed E-state index contributed by atoms with van der Waals surface area (Å²) in [4.78, 5) is 20.7. The minimum atomic E-state index is -0.975. The molecule has 0 saturated carbocycles. The summed E-state index contributed by atoms with van der Waals surface area (Å²) in [5, 5.41) is 4.08. The number of aryl methyl sites for hydroxylation is 2. The zero-order valence-electron chi connectivity index (χ0n) is 15.0. The second-order valence-electron chi connectivity index (χ2n) is 7.23. The molecule has 3 heterocycles. The zero-order valence-corrected chi connectivity index (χ0v) is 15.8. The van der Waals surface area contributed by atoms with Crippen molar-refractivity contribution in [3.8, 4) is 10.8 Å². The average molecular weight is 401 g/mol. The third kappa shape index (κ3) is 3.01. The third-order valence-corrected chi connectivity index (χ3v) is 6.58. The van der Waals surface area contributed by atoms with E-state index in [-0.39, 0.29) is 18.2 Å². The zero-order chi connectivity index (χ0) is 19.3. The predicted octanol–water partition coefficient (Wildman–Crippen LogP) is 4.48. The van der Waals surface area contributed by atoms with Crippen molar-refractivity contribution in [2.45, 2.75) is 38.0 Å². The van der Waals surface area contributed by atoms with Crippen LogP contribution in [0.1, 0.15) is 41.4 Å². The van der Waals surface area contributed by atoms with Crippen LogP contribution in [0.2, 0.25) is 0 Å². The van der Waals surface area contributed by atoms with Crippen molar-refractivity contribution < 1.29 is 18.1 Å². The number of anilines is 1. The second kappa shape index (κ2) is 6.77. The van der Waals surface area contributed by atoms with Crippen LogP contribution in [-0.2, 0) is 17.6 Å². The smallest absolute Gasteiger partial charge is 0.268 e. The van der Waals surface area contributed by atoms with Crippen LogP contribution in [0, 0.1) is 11.6 Å². The second-order valence-corrected chi connectivity index (χ2v) is 8.36. The molecule has 1 fully saturated rings. The average Bonchev–Trinajstić information content (AvgIpc) is 3.41. The van der Waals surface area contributed by atoms with Crippen molar-refractivity contribution in [3.63, 3.8) is 0 Å². The number of carbonyl (C=O) groups is 1. The Morgan fingerprint density at radius 2 is 2.00 bits per heavy atom. The van der Waals surface area contributed by atoms with Gasteiger partial charge in [0, 0.05) is 35.5 Å². The number of fused-ring (bicyclic) bond motifs is 1. The lowest BCUT2D eigenvalue weighted by atomic mass is 9.99. The summed E-state index contributed by atoms with van der Waals surface area (Å²) < 4.78 is 32.1. The van der Waals surface area contributed by atoms with E-state index in [0.29, 0.717) is 23.9 Å². The first-order chi connectivity index (χ1) is 13.6.